The van der Waals surface area contributed by atoms with Crippen molar-refractivity contribution in [1.82, 2.24) is 4.90 Å². The van der Waals surface area contributed by atoms with Crippen molar-refractivity contribution in [3.8, 4) is 5.75 Å². The largest absolute Gasteiger partial charge is 0.497 e. The second kappa shape index (κ2) is 7.82. The number of carbonyl (C=O) groups is 3. The number of fused-ring (bicyclic) bond motifs is 1. The van der Waals surface area contributed by atoms with Gasteiger partial charge in [-0.2, -0.15) is 0 Å². The number of carbonyl (C=O) groups excluding carboxylic acids is 3. The van der Waals surface area contributed by atoms with Gasteiger partial charge in [-0.3, -0.25) is 19.3 Å². The minimum absolute atomic E-state index is 0.0995. The first kappa shape index (κ1) is 17.7. The summed E-state index contributed by atoms with van der Waals surface area (Å²) >= 11 is 0. The number of ether oxygens (including phenoxy) is 1. The van der Waals surface area contributed by atoms with Crippen molar-refractivity contribution in [3.63, 3.8) is 0 Å². The first-order chi connectivity index (χ1) is 12.6. The third-order valence-electron chi connectivity index (χ3n) is 4.29. The van der Waals surface area contributed by atoms with Gasteiger partial charge in [0.15, 0.2) is 0 Å². The molecule has 134 valence electrons. The van der Waals surface area contributed by atoms with Crippen LogP contribution >= 0.6 is 0 Å². The third kappa shape index (κ3) is 3.74. The highest BCUT2D eigenvalue weighted by Crippen LogP contribution is 2.22. The van der Waals surface area contributed by atoms with Crippen molar-refractivity contribution in [3.05, 3.63) is 59.7 Å². The van der Waals surface area contributed by atoms with Crippen LogP contribution < -0.4 is 10.1 Å². The van der Waals surface area contributed by atoms with Gasteiger partial charge in [-0.05, 0) is 49.2 Å². The standard InChI is InChI=1S/C20H20N2O4/c1-26-15-11-9-14(10-12-15)21-18(23)8-4-5-13-22-19(24)16-6-2-3-7-17(16)20(22)25/h2-3,6-7,9-12H,4-5,8,13H2,1H3,(H,21,23). The van der Waals surface area contributed by atoms with Crippen LogP contribution in [0.5, 0.6) is 5.75 Å². The molecule has 0 aliphatic carbocycles. The van der Waals surface area contributed by atoms with Crippen LogP contribution in [0.25, 0.3) is 0 Å². The molecule has 0 atom stereocenters. The van der Waals surface area contributed by atoms with Gasteiger partial charge in [0.2, 0.25) is 5.91 Å². The second-order valence-electron chi connectivity index (χ2n) is 6.04. The zero-order chi connectivity index (χ0) is 18.5. The molecule has 6 heteroatoms. The molecule has 2 aromatic rings. The average Bonchev–Trinajstić information content (AvgIpc) is 2.91. The topological polar surface area (TPSA) is 75.7 Å². The molecule has 0 fully saturated rings. The summed E-state index contributed by atoms with van der Waals surface area (Å²) in [6.45, 7) is 0.322. The summed E-state index contributed by atoms with van der Waals surface area (Å²) in [4.78, 5) is 37.7. The van der Waals surface area contributed by atoms with Crippen molar-refractivity contribution in [2.45, 2.75) is 19.3 Å². The third-order valence-corrected chi connectivity index (χ3v) is 4.29. The lowest BCUT2D eigenvalue weighted by atomic mass is 10.1. The Morgan fingerprint density at radius 1 is 0.962 bits per heavy atom. The fourth-order valence-electron chi connectivity index (χ4n) is 2.90. The van der Waals surface area contributed by atoms with Crippen LogP contribution in [-0.4, -0.2) is 36.3 Å². The van der Waals surface area contributed by atoms with Crippen molar-refractivity contribution in [2.75, 3.05) is 19.0 Å². The molecule has 3 amide bonds. The number of rotatable bonds is 7. The van der Waals surface area contributed by atoms with E-state index >= 15 is 0 Å². The van der Waals surface area contributed by atoms with Gasteiger partial charge in [-0.1, -0.05) is 12.1 Å². The number of anilines is 1. The molecule has 6 nitrogen and oxygen atoms in total. The van der Waals surface area contributed by atoms with Gasteiger partial charge in [0.25, 0.3) is 11.8 Å². The average molecular weight is 352 g/mol. The zero-order valence-corrected chi connectivity index (χ0v) is 14.5. The Kier molecular flexibility index (Phi) is 5.31. The number of nitrogens with one attached hydrogen (secondary N) is 1. The number of amides is 3. The van der Waals surface area contributed by atoms with E-state index in [-0.39, 0.29) is 17.7 Å². The molecule has 0 radical (unpaired) electrons. The Balaban J connectivity index is 1.43. The minimum Gasteiger partial charge on any atom is -0.497 e. The predicted octanol–water partition coefficient (Wildman–Crippen LogP) is 3.10. The predicted molar refractivity (Wildman–Crippen MR) is 97.3 cm³/mol. The van der Waals surface area contributed by atoms with Crippen LogP contribution in [0, 0.1) is 0 Å². The number of nitrogens with zero attached hydrogens (tertiary/aromatic N) is 1. The molecule has 0 bridgehead atoms. The van der Waals surface area contributed by atoms with E-state index in [1.165, 1.54) is 4.90 Å². The Bertz CT molecular complexity index is 795. The fraction of sp³-hybridized carbons (Fsp3) is 0.250. The van der Waals surface area contributed by atoms with E-state index in [1.807, 2.05) is 0 Å². The van der Waals surface area contributed by atoms with Crippen LogP contribution in [0.15, 0.2) is 48.5 Å². The fourth-order valence-corrected chi connectivity index (χ4v) is 2.90. The summed E-state index contributed by atoms with van der Waals surface area (Å²) in [7, 11) is 1.59. The van der Waals surface area contributed by atoms with Crippen LogP contribution in [0.3, 0.4) is 0 Å². The van der Waals surface area contributed by atoms with Gasteiger partial charge in [0, 0.05) is 18.7 Å². The molecule has 3 rings (SSSR count). The van der Waals surface area contributed by atoms with Crippen molar-refractivity contribution < 1.29 is 19.1 Å². The Hall–Kier alpha value is -3.15. The molecule has 26 heavy (non-hydrogen) atoms. The number of methoxy groups -OCH3 is 1. The van der Waals surface area contributed by atoms with Gasteiger partial charge in [-0.25, -0.2) is 0 Å². The van der Waals surface area contributed by atoms with Gasteiger partial charge in [0.05, 0.1) is 18.2 Å². The summed E-state index contributed by atoms with van der Waals surface area (Å²) in [5.74, 6) is 0.114. The number of unbranched alkanes of at least 4 members (excludes halogenated alkanes) is 1. The molecule has 0 spiro atoms. The highest BCUT2D eigenvalue weighted by Gasteiger charge is 2.34. The SMILES string of the molecule is COc1ccc(NC(=O)CCCCN2C(=O)c3ccccc3C2=O)cc1. The molecule has 1 aliphatic rings. The Labute approximate surface area is 151 Å². The van der Waals surface area contributed by atoms with Gasteiger partial charge >= 0.3 is 0 Å². The molecular formula is C20H20N2O4. The number of benzene rings is 2. The molecule has 1 heterocycles. The molecule has 1 aliphatic heterocycles. The summed E-state index contributed by atoms with van der Waals surface area (Å²) in [6, 6.07) is 13.9. The van der Waals surface area contributed by atoms with Crippen molar-refractivity contribution in [1.29, 1.82) is 0 Å². The summed E-state index contributed by atoms with van der Waals surface area (Å²) in [5, 5.41) is 2.81. The molecule has 0 unspecified atom stereocenters. The highest BCUT2D eigenvalue weighted by molar-refractivity contribution is 6.21. The lowest BCUT2D eigenvalue weighted by Gasteiger charge is -2.13. The van der Waals surface area contributed by atoms with Gasteiger partial charge in [0.1, 0.15) is 5.75 Å². The summed E-state index contributed by atoms with van der Waals surface area (Å²) in [6.07, 6.45) is 1.51. The van der Waals surface area contributed by atoms with Crippen LogP contribution in [-0.2, 0) is 4.79 Å². The Morgan fingerprint density at radius 2 is 1.58 bits per heavy atom. The van der Waals surface area contributed by atoms with Crippen LogP contribution in [0.1, 0.15) is 40.0 Å². The smallest absolute Gasteiger partial charge is 0.261 e. The maximum Gasteiger partial charge on any atom is 0.261 e. The number of imide groups is 1. The molecular weight excluding hydrogens is 332 g/mol. The van der Waals surface area contributed by atoms with E-state index in [4.69, 9.17) is 4.74 Å². The maximum atomic E-state index is 12.2. The van der Waals surface area contributed by atoms with E-state index in [2.05, 4.69) is 5.32 Å². The monoisotopic (exact) mass is 352 g/mol. The Morgan fingerprint density at radius 3 is 2.15 bits per heavy atom. The minimum atomic E-state index is -0.256. The number of hydrogen-bond acceptors (Lipinski definition) is 4. The second-order valence-corrected chi connectivity index (χ2v) is 6.04. The first-order valence-electron chi connectivity index (χ1n) is 8.49. The van der Waals surface area contributed by atoms with Crippen molar-refractivity contribution in [2.24, 2.45) is 0 Å². The lowest BCUT2D eigenvalue weighted by Crippen LogP contribution is -2.30. The summed E-state index contributed by atoms with van der Waals surface area (Å²) < 4.78 is 5.07. The van der Waals surface area contributed by atoms with Crippen LogP contribution in [0.2, 0.25) is 0 Å². The first-order valence-corrected chi connectivity index (χ1v) is 8.49. The van der Waals surface area contributed by atoms with E-state index in [0.29, 0.717) is 42.6 Å². The van der Waals surface area contributed by atoms with Crippen molar-refractivity contribution >= 4 is 23.4 Å². The molecule has 0 saturated heterocycles. The normalized spacial score (nSPS) is 12.9. The molecule has 0 aromatic heterocycles. The molecule has 1 N–H and O–H groups in total. The van der Waals surface area contributed by atoms with Gasteiger partial charge < -0.3 is 10.1 Å². The maximum absolute atomic E-state index is 12.2. The summed E-state index contributed by atoms with van der Waals surface area (Å²) in [5.41, 5.74) is 1.61. The lowest BCUT2D eigenvalue weighted by molar-refractivity contribution is -0.116. The van der Waals surface area contributed by atoms with E-state index in [1.54, 1.807) is 55.6 Å². The quantitative estimate of drug-likeness (QED) is 0.614. The molecule has 0 saturated carbocycles. The van der Waals surface area contributed by atoms with E-state index in [9.17, 15) is 14.4 Å². The van der Waals surface area contributed by atoms with Crippen LogP contribution in [0.4, 0.5) is 5.69 Å². The zero-order valence-electron chi connectivity index (χ0n) is 14.5. The van der Waals surface area contributed by atoms with E-state index in [0.717, 1.165) is 5.75 Å². The number of hydrogen-bond donors (Lipinski definition) is 1. The molecule has 2 aromatic carbocycles. The van der Waals surface area contributed by atoms with Gasteiger partial charge in [-0.15, -0.1) is 0 Å². The van der Waals surface area contributed by atoms with E-state index < -0.39 is 0 Å². The highest BCUT2D eigenvalue weighted by atomic mass is 16.5.